The van der Waals surface area contributed by atoms with E-state index in [4.69, 9.17) is 4.98 Å². The van der Waals surface area contributed by atoms with Crippen molar-refractivity contribution < 1.29 is 14.8 Å². The number of aromatic nitrogens is 2. The monoisotopic (exact) mass is 472 g/mol. The van der Waals surface area contributed by atoms with Gasteiger partial charge in [0.1, 0.15) is 0 Å². The maximum absolute atomic E-state index is 13.0. The van der Waals surface area contributed by atoms with Gasteiger partial charge in [-0.3, -0.25) is 4.79 Å². The number of para-hydroxylation sites is 4. The molecule has 174 valence electrons. The molecule has 0 saturated carbocycles. The number of fused-ring (bicyclic) bond motifs is 4. The Balaban J connectivity index is 1.41. The van der Waals surface area contributed by atoms with E-state index in [1.165, 1.54) is 12.1 Å². The Hall–Kier alpha value is -4.66. The van der Waals surface area contributed by atoms with Gasteiger partial charge in [0.05, 0.1) is 33.6 Å². The largest absolute Gasteiger partial charge is 0.488 e. The van der Waals surface area contributed by atoms with Crippen molar-refractivity contribution in [1.29, 1.82) is 0 Å². The lowest BCUT2D eigenvalue weighted by Crippen LogP contribution is -2.29. The van der Waals surface area contributed by atoms with Crippen LogP contribution in [0.4, 0.5) is 17.1 Å². The Kier molecular flexibility index (Phi) is 5.37. The standard InChI is InChI=1S/C28H21BN4O3/c34-28(17-13-15-18(16-14-17)29(35)36)33-24-12-6-5-11-23(24)32-26-19-7-1-3-9-21(19)30-25-20-8-2-4-10-22(20)31-27(25)26/h1-16,31,35-36H,(H,30,32)(H,33,34). The number of carbonyl (C=O) groups is 1. The lowest BCUT2D eigenvalue weighted by Gasteiger charge is -2.15. The first kappa shape index (κ1) is 21.9. The third-order valence-electron chi connectivity index (χ3n) is 6.24. The third kappa shape index (κ3) is 3.84. The molecule has 0 fully saturated rings. The number of anilines is 3. The van der Waals surface area contributed by atoms with Gasteiger partial charge in [0.15, 0.2) is 0 Å². The van der Waals surface area contributed by atoms with Crippen LogP contribution >= 0.6 is 0 Å². The zero-order chi connectivity index (χ0) is 24.6. The number of H-pyrrole nitrogens is 1. The summed E-state index contributed by atoms with van der Waals surface area (Å²) in [5.41, 5.74) is 6.55. The van der Waals surface area contributed by atoms with Crippen LogP contribution in [-0.2, 0) is 0 Å². The van der Waals surface area contributed by atoms with Gasteiger partial charge >= 0.3 is 7.12 Å². The van der Waals surface area contributed by atoms with Crippen LogP contribution in [0, 0.1) is 0 Å². The zero-order valence-corrected chi connectivity index (χ0v) is 19.1. The first-order valence-corrected chi connectivity index (χ1v) is 11.5. The van der Waals surface area contributed by atoms with E-state index in [1.807, 2.05) is 66.7 Å². The molecule has 0 radical (unpaired) electrons. The lowest BCUT2D eigenvalue weighted by molar-refractivity contribution is 0.102. The summed E-state index contributed by atoms with van der Waals surface area (Å²) < 4.78 is 0. The van der Waals surface area contributed by atoms with E-state index in [2.05, 4.69) is 21.7 Å². The van der Waals surface area contributed by atoms with E-state index in [1.54, 1.807) is 12.1 Å². The number of nitrogens with zero attached hydrogens (tertiary/aromatic N) is 1. The van der Waals surface area contributed by atoms with E-state index in [9.17, 15) is 14.8 Å². The number of amides is 1. The van der Waals surface area contributed by atoms with Crippen molar-refractivity contribution >= 4 is 68.4 Å². The van der Waals surface area contributed by atoms with Gasteiger partial charge in [0.2, 0.25) is 0 Å². The Morgan fingerprint density at radius 2 is 1.44 bits per heavy atom. The van der Waals surface area contributed by atoms with E-state index in [0.717, 1.165) is 44.2 Å². The van der Waals surface area contributed by atoms with Crippen molar-refractivity contribution in [3.8, 4) is 0 Å². The molecule has 0 aliphatic heterocycles. The van der Waals surface area contributed by atoms with Gasteiger partial charge in [0, 0.05) is 21.9 Å². The molecule has 5 N–H and O–H groups in total. The number of hydrogen-bond acceptors (Lipinski definition) is 5. The lowest BCUT2D eigenvalue weighted by atomic mass is 9.80. The second-order valence-electron chi connectivity index (χ2n) is 8.52. The fourth-order valence-corrected chi connectivity index (χ4v) is 4.43. The van der Waals surface area contributed by atoms with E-state index < -0.39 is 7.12 Å². The Morgan fingerprint density at radius 3 is 2.22 bits per heavy atom. The zero-order valence-electron chi connectivity index (χ0n) is 19.1. The van der Waals surface area contributed by atoms with Crippen LogP contribution in [0.1, 0.15) is 10.4 Å². The number of aromatic amines is 1. The summed E-state index contributed by atoms with van der Waals surface area (Å²) in [6.07, 6.45) is 0. The van der Waals surface area contributed by atoms with E-state index >= 15 is 0 Å². The van der Waals surface area contributed by atoms with Gasteiger partial charge < -0.3 is 25.7 Å². The molecule has 6 aromatic rings. The Morgan fingerprint density at radius 1 is 0.778 bits per heavy atom. The molecule has 0 bridgehead atoms. The molecule has 1 amide bonds. The van der Waals surface area contributed by atoms with Crippen molar-refractivity contribution in [1.82, 2.24) is 9.97 Å². The average Bonchev–Trinajstić information content (AvgIpc) is 3.28. The molecule has 6 rings (SSSR count). The molecule has 2 aromatic heterocycles. The summed E-state index contributed by atoms with van der Waals surface area (Å²) in [6, 6.07) is 29.7. The van der Waals surface area contributed by atoms with Crippen molar-refractivity contribution in [2.75, 3.05) is 10.6 Å². The molecule has 0 spiro atoms. The minimum atomic E-state index is -1.58. The Labute approximate surface area is 206 Å². The van der Waals surface area contributed by atoms with Crippen molar-refractivity contribution in [2.24, 2.45) is 0 Å². The van der Waals surface area contributed by atoms with Crippen molar-refractivity contribution in [2.45, 2.75) is 0 Å². The molecule has 7 nitrogen and oxygen atoms in total. The number of hydrogen-bond donors (Lipinski definition) is 5. The molecule has 0 unspecified atom stereocenters. The summed E-state index contributed by atoms with van der Waals surface area (Å²) in [7, 11) is -1.58. The second kappa shape index (κ2) is 8.85. The Bertz CT molecular complexity index is 1750. The second-order valence-corrected chi connectivity index (χ2v) is 8.52. The maximum Gasteiger partial charge on any atom is 0.488 e. The van der Waals surface area contributed by atoms with Crippen LogP contribution in [0.3, 0.4) is 0 Å². The van der Waals surface area contributed by atoms with Gasteiger partial charge in [0.25, 0.3) is 5.91 Å². The molecule has 36 heavy (non-hydrogen) atoms. The average molecular weight is 472 g/mol. The third-order valence-corrected chi connectivity index (χ3v) is 6.24. The highest BCUT2D eigenvalue weighted by molar-refractivity contribution is 6.58. The molecule has 4 aromatic carbocycles. The molecule has 2 heterocycles. The minimum absolute atomic E-state index is 0.307. The van der Waals surface area contributed by atoms with E-state index in [-0.39, 0.29) is 5.91 Å². The molecule has 0 aliphatic rings. The predicted molar refractivity (Wildman–Crippen MR) is 145 cm³/mol. The first-order chi connectivity index (χ1) is 17.6. The van der Waals surface area contributed by atoms with Crippen LogP contribution in [0.2, 0.25) is 0 Å². The molecular weight excluding hydrogens is 451 g/mol. The van der Waals surface area contributed by atoms with Gasteiger partial charge in [-0.2, -0.15) is 0 Å². The summed E-state index contributed by atoms with van der Waals surface area (Å²) in [6.45, 7) is 0. The maximum atomic E-state index is 13.0. The topological polar surface area (TPSA) is 110 Å². The highest BCUT2D eigenvalue weighted by Crippen LogP contribution is 2.37. The number of carbonyl (C=O) groups excluding carboxylic acids is 1. The number of nitrogens with one attached hydrogen (secondary N) is 3. The summed E-state index contributed by atoms with van der Waals surface area (Å²) in [4.78, 5) is 21.4. The normalized spacial score (nSPS) is 11.2. The number of pyridine rings is 1. The quantitative estimate of drug-likeness (QED) is 0.237. The molecular formula is C28H21BN4O3. The van der Waals surface area contributed by atoms with Crippen LogP contribution in [0.25, 0.3) is 32.8 Å². The summed E-state index contributed by atoms with van der Waals surface area (Å²) in [5, 5.41) is 27.1. The van der Waals surface area contributed by atoms with Gasteiger partial charge in [-0.05, 0) is 41.9 Å². The summed E-state index contributed by atoms with van der Waals surface area (Å²) >= 11 is 0. The highest BCUT2D eigenvalue weighted by atomic mass is 16.4. The van der Waals surface area contributed by atoms with Gasteiger partial charge in [-0.15, -0.1) is 0 Å². The van der Waals surface area contributed by atoms with Crippen LogP contribution in [0.5, 0.6) is 0 Å². The fourth-order valence-electron chi connectivity index (χ4n) is 4.43. The first-order valence-electron chi connectivity index (χ1n) is 11.5. The SMILES string of the molecule is O=C(Nc1ccccc1Nc1c2ccccc2nc2c1[nH]c1ccccc12)c1ccc(B(O)O)cc1. The van der Waals surface area contributed by atoms with Crippen LogP contribution in [-0.4, -0.2) is 33.0 Å². The van der Waals surface area contributed by atoms with E-state index in [0.29, 0.717) is 16.7 Å². The van der Waals surface area contributed by atoms with Gasteiger partial charge in [-0.25, -0.2) is 4.98 Å². The minimum Gasteiger partial charge on any atom is -0.423 e. The number of benzene rings is 4. The van der Waals surface area contributed by atoms with Crippen LogP contribution in [0.15, 0.2) is 97.1 Å². The predicted octanol–water partition coefficient (Wildman–Crippen LogP) is 4.55. The molecule has 0 atom stereocenters. The van der Waals surface area contributed by atoms with Crippen molar-refractivity contribution in [3.05, 3.63) is 103 Å². The fraction of sp³-hybridized carbons (Fsp3) is 0. The molecule has 8 heteroatoms. The van der Waals surface area contributed by atoms with Crippen molar-refractivity contribution in [3.63, 3.8) is 0 Å². The van der Waals surface area contributed by atoms with Crippen LogP contribution < -0.4 is 16.1 Å². The smallest absolute Gasteiger partial charge is 0.423 e. The number of rotatable bonds is 5. The molecule has 0 saturated heterocycles. The summed E-state index contributed by atoms with van der Waals surface area (Å²) in [5.74, 6) is -0.307. The van der Waals surface area contributed by atoms with Gasteiger partial charge in [-0.1, -0.05) is 60.7 Å². The molecule has 0 aliphatic carbocycles. The highest BCUT2D eigenvalue weighted by Gasteiger charge is 2.17.